The average molecular weight is 552 g/mol. The van der Waals surface area contributed by atoms with Gasteiger partial charge in [-0.05, 0) is 64.4 Å². The van der Waals surface area contributed by atoms with E-state index in [4.69, 9.17) is 34.7 Å². The standard InChI is InChI=1S/C22H21BrCl2N6S/c23-18-20(30-19(27)21(29-18)32-15-5-1-4-13(24)16(15)25)31-9-6-22(7-10-31)11-14-12(17(22)26)3-2-8-28-14/h1-5,8,17H,6-7,9-11,26H2,(H2,27,30)/t17-/m1/s1. The van der Waals surface area contributed by atoms with Gasteiger partial charge in [0.15, 0.2) is 11.6 Å². The Labute approximate surface area is 209 Å². The summed E-state index contributed by atoms with van der Waals surface area (Å²) in [5.74, 6) is 1.11. The maximum Gasteiger partial charge on any atom is 0.164 e. The van der Waals surface area contributed by atoms with Crippen molar-refractivity contribution in [1.29, 1.82) is 0 Å². The molecule has 0 bridgehead atoms. The van der Waals surface area contributed by atoms with Crippen molar-refractivity contribution >= 4 is 62.5 Å². The second-order valence-electron chi connectivity index (χ2n) is 8.23. The van der Waals surface area contributed by atoms with E-state index in [0.717, 1.165) is 48.8 Å². The molecule has 1 aliphatic carbocycles. The molecule has 0 unspecified atom stereocenters. The fourth-order valence-corrected chi connectivity index (χ4v) is 6.60. The van der Waals surface area contributed by atoms with Gasteiger partial charge in [0.2, 0.25) is 0 Å². The average Bonchev–Trinajstić information content (AvgIpc) is 3.06. The highest BCUT2D eigenvalue weighted by Gasteiger charge is 2.46. The van der Waals surface area contributed by atoms with E-state index in [1.54, 1.807) is 6.07 Å². The van der Waals surface area contributed by atoms with Gasteiger partial charge in [0.25, 0.3) is 0 Å². The Morgan fingerprint density at radius 2 is 1.91 bits per heavy atom. The molecule has 3 aromatic rings. The Hall–Kier alpha value is -1.58. The molecule has 0 amide bonds. The smallest absolute Gasteiger partial charge is 0.164 e. The number of rotatable bonds is 3. The van der Waals surface area contributed by atoms with Crippen molar-refractivity contribution in [3.05, 3.63) is 62.4 Å². The van der Waals surface area contributed by atoms with Gasteiger partial charge in [0.1, 0.15) is 9.63 Å². The highest BCUT2D eigenvalue weighted by Crippen LogP contribution is 2.50. The highest BCUT2D eigenvalue weighted by atomic mass is 79.9. The molecule has 32 heavy (non-hydrogen) atoms. The van der Waals surface area contributed by atoms with Gasteiger partial charge in [0.05, 0.1) is 10.0 Å². The third-order valence-electron chi connectivity index (χ3n) is 6.45. The number of nitrogens with zero attached hydrogens (tertiary/aromatic N) is 4. The number of nitrogen functional groups attached to an aromatic ring is 1. The topological polar surface area (TPSA) is 94.0 Å². The second kappa shape index (κ2) is 8.65. The van der Waals surface area contributed by atoms with Crippen molar-refractivity contribution < 1.29 is 0 Å². The van der Waals surface area contributed by atoms with Gasteiger partial charge >= 0.3 is 0 Å². The molecule has 1 saturated heterocycles. The van der Waals surface area contributed by atoms with E-state index in [9.17, 15) is 0 Å². The zero-order chi connectivity index (χ0) is 22.5. The molecule has 6 nitrogen and oxygen atoms in total. The largest absolute Gasteiger partial charge is 0.381 e. The van der Waals surface area contributed by atoms with Crippen molar-refractivity contribution in [3.8, 4) is 0 Å². The minimum atomic E-state index is 0.0224. The number of anilines is 2. The number of piperidine rings is 1. The third kappa shape index (κ3) is 3.86. The van der Waals surface area contributed by atoms with Crippen LogP contribution in [0.25, 0.3) is 0 Å². The number of pyridine rings is 1. The summed E-state index contributed by atoms with van der Waals surface area (Å²) in [6, 6.07) is 9.57. The van der Waals surface area contributed by atoms with E-state index in [1.165, 1.54) is 17.3 Å². The molecule has 1 fully saturated rings. The predicted octanol–water partition coefficient (Wildman–Crippen LogP) is 5.52. The number of hydrogen-bond donors (Lipinski definition) is 2. The van der Waals surface area contributed by atoms with Crippen LogP contribution in [0.5, 0.6) is 0 Å². The summed E-state index contributed by atoms with van der Waals surface area (Å²) in [7, 11) is 0. The zero-order valence-electron chi connectivity index (χ0n) is 17.1. The molecule has 1 atom stereocenters. The van der Waals surface area contributed by atoms with Crippen LogP contribution in [0, 0.1) is 5.41 Å². The van der Waals surface area contributed by atoms with Crippen LogP contribution in [0.4, 0.5) is 11.6 Å². The SMILES string of the molecule is Nc1nc(N2CCC3(CC2)Cc2ncccc2[C@H]3N)c(Br)nc1Sc1cccc(Cl)c1Cl. The van der Waals surface area contributed by atoms with Gasteiger partial charge in [-0.1, -0.05) is 47.1 Å². The molecule has 10 heteroatoms. The van der Waals surface area contributed by atoms with Crippen LogP contribution in [-0.4, -0.2) is 28.0 Å². The van der Waals surface area contributed by atoms with E-state index in [1.807, 2.05) is 24.4 Å². The predicted molar refractivity (Wildman–Crippen MR) is 133 cm³/mol. The lowest BCUT2D eigenvalue weighted by molar-refractivity contribution is 0.186. The van der Waals surface area contributed by atoms with Gasteiger partial charge in [-0.3, -0.25) is 4.98 Å². The van der Waals surface area contributed by atoms with E-state index in [0.29, 0.717) is 25.5 Å². The van der Waals surface area contributed by atoms with E-state index >= 15 is 0 Å². The molecule has 0 saturated carbocycles. The van der Waals surface area contributed by atoms with Crippen LogP contribution < -0.4 is 16.4 Å². The van der Waals surface area contributed by atoms with Crippen LogP contribution in [0.1, 0.15) is 30.1 Å². The lowest BCUT2D eigenvalue weighted by Gasteiger charge is -2.42. The summed E-state index contributed by atoms with van der Waals surface area (Å²) < 4.78 is 0.656. The Morgan fingerprint density at radius 3 is 2.66 bits per heavy atom. The molecular weight excluding hydrogens is 531 g/mol. The minimum absolute atomic E-state index is 0.0224. The van der Waals surface area contributed by atoms with Crippen LogP contribution >= 0.6 is 50.9 Å². The Kier molecular flexibility index (Phi) is 6.01. The summed E-state index contributed by atoms with van der Waals surface area (Å²) in [4.78, 5) is 16.9. The summed E-state index contributed by atoms with van der Waals surface area (Å²) in [6.45, 7) is 1.67. The second-order valence-corrected chi connectivity index (χ2v) is 10.8. The fraction of sp³-hybridized carbons (Fsp3) is 0.318. The van der Waals surface area contributed by atoms with Gasteiger partial charge in [0, 0.05) is 35.9 Å². The number of benzene rings is 1. The molecule has 3 heterocycles. The van der Waals surface area contributed by atoms with Crippen LogP contribution in [0.3, 0.4) is 0 Å². The summed E-state index contributed by atoms with van der Waals surface area (Å²) in [5.41, 5.74) is 15.3. The summed E-state index contributed by atoms with van der Waals surface area (Å²) in [5, 5.41) is 1.55. The Balaban J connectivity index is 1.34. The van der Waals surface area contributed by atoms with Crippen molar-refractivity contribution in [2.75, 3.05) is 23.7 Å². The maximum atomic E-state index is 6.67. The molecule has 1 aromatic carbocycles. The number of halogens is 3. The zero-order valence-corrected chi connectivity index (χ0v) is 21.0. The summed E-state index contributed by atoms with van der Waals surface area (Å²) >= 11 is 17.4. The molecular formula is C22H21BrCl2N6S. The number of fused-ring (bicyclic) bond motifs is 1. The van der Waals surface area contributed by atoms with Crippen LogP contribution in [0.15, 0.2) is 51.1 Å². The molecule has 0 radical (unpaired) electrons. The third-order valence-corrected chi connectivity index (χ3v) is 8.97. The number of nitrogens with two attached hydrogens (primary N) is 2. The Bertz CT molecular complexity index is 1190. The van der Waals surface area contributed by atoms with Crippen molar-refractivity contribution in [1.82, 2.24) is 15.0 Å². The molecule has 2 aliphatic rings. The van der Waals surface area contributed by atoms with Gasteiger partial charge < -0.3 is 16.4 Å². The molecule has 1 spiro atoms. The van der Waals surface area contributed by atoms with Gasteiger partial charge in [-0.2, -0.15) is 0 Å². The summed E-state index contributed by atoms with van der Waals surface area (Å²) in [6.07, 6.45) is 4.72. The first-order valence-corrected chi connectivity index (χ1v) is 12.6. The Morgan fingerprint density at radius 1 is 1.12 bits per heavy atom. The lowest BCUT2D eigenvalue weighted by Crippen LogP contribution is -2.44. The van der Waals surface area contributed by atoms with E-state index in [2.05, 4.69) is 41.8 Å². The fourth-order valence-electron chi connectivity index (χ4n) is 4.65. The number of aromatic nitrogens is 3. The molecule has 5 rings (SSSR count). The quantitative estimate of drug-likeness (QED) is 0.442. The molecule has 166 valence electrons. The highest BCUT2D eigenvalue weighted by molar-refractivity contribution is 9.10. The first-order valence-electron chi connectivity index (χ1n) is 10.3. The molecule has 4 N–H and O–H groups in total. The lowest BCUT2D eigenvalue weighted by atomic mass is 9.73. The van der Waals surface area contributed by atoms with Gasteiger partial charge in [-0.25, -0.2) is 9.97 Å². The first kappa shape index (κ1) is 22.2. The van der Waals surface area contributed by atoms with E-state index in [-0.39, 0.29) is 11.5 Å². The van der Waals surface area contributed by atoms with Crippen molar-refractivity contribution in [2.45, 2.75) is 35.2 Å². The van der Waals surface area contributed by atoms with Crippen LogP contribution in [-0.2, 0) is 6.42 Å². The van der Waals surface area contributed by atoms with Crippen LogP contribution in [0.2, 0.25) is 10.0 Å². The van der Waals surface area contributed by atoms with E-state index < -0.39 is 0 Å². The van der Waals surface area contributed by atoms with Gasteiger partial charge in [-0.15, -0.1) is 0 Å². The maximum absolute atomic E-state index is 6.67. The molecule has 2 aromatic heterocycles. The monoisotopic (exact) mass is 550 g/mol. The van der Waals surface area contributed by atoms with Crippen molar-refractivity contribution in [2.24, 2.45) is 11.1 Å². The normalized spacial score (nSPS) is 19.4. The van der Waals surface area contributed by atoms with Crippen molar-refractivity contribution in [3.63, 3.8) is 0 Å². The minimum Gasteiger partial charge on any atom is -0.381 e. The molecule has 1 aliphatic heterocycles. The first-order chi connectivity index (χ1) is 15.4. The number of hydrogen-bond acceptors (Lipinski definition) is 7.